The Labute approximate surface area is 202 Å². The molecule has 1 saturated heterocycles. The van der Waals surface area contributed by atoms with Crippen molar-refractivity contribution in [1.29, 1.82) is 0 Å². The molecule has 6 nitrogen and oxygen atoms in total. The lowest BCUT2D eigenvalue weighted by Gasteiger charge is -2.28. The Kier molecular flexibility index (Phi) is 8.36. The van der Waals surface area contributed by atoms with Crippen molar-refractivity contribution in [1.82, 2.24) is 15.1 Å². The van der Waals surface area contributed by atoms with E-state index in [9.17, 15) is 0 Å². The number of likely N-dealkylation sites (tertiary alicyclic amines) is 1. The van der Waals surface area contributed by atoms with Crippen molar-refractivity contribution in [3.63, 3.8) is 0 Å². The van der Waals surface area contributed by atoms with Gasteiger partial charge in [-0.3, -0.25) is 0 Å². The van der Waals surface area contributed by atoms with Gasteiger partial charge in [0.25, 0.3) is 0 Å². The number of rotatable bonds is 10. The van der Waals surface area contributed by atoms with Crippen molar-refractivity contribution in [2.75, 3.05) is 27.2 Å². The summed E-state index contributed by atoms with van der Waals surface area (Å²) in [7, 11) is 3.82. The van der Waals surface area contributed by atoms with E-state index in [0.717, 1.165) is 73.3 Å². The third-order valence-corrected chi connectivity index (χ3v) is 6.28. The van der Waals surface area contributed by atoms with Crippen LogP contribution in [0.25, 0.3) is 11.1 Å². The van der Waals surface area contributed by atoms with Crippen molar-refractivity contribution >= 4 is 0 Å². The van der Waals surface area contributed by atoms with Gasteiger partial charge in [-0.1, -0.05) is 49.7 Å². The van der Waals surface area contributed by atoms with E-state index in [2.05, 4.69) is 47.3 Å². The lowest BCUT2D eigenvalue weighted by atomic mass is 10.0. The fraction of sp³-hybridized carbons (Fsp3) is 0.429. The normalized spacial score (nSPS) is 14.7. The van der Waals surface area contributed by atoms with Gasteiger partial charge >= 0.3 is 0 Å². The average Bonchev–Trinajstić information content (AvgIpc) is 2.88. The molecule has 1 aliphatic heterocycles. The molecule has 4 rings (SSSR count). The molecular weight excluding hydrogens is 426 g/mol. The third kappa shape index (κ3) is 6.26. The number of aryl methyl sites for hydroxylation is 1. The molecule has 34 heavy (non-hydrogen) atoms. The Hall–Kier alpha value is -3.12. The highest BCUT2D eigenvalue weighted by molar-refractivity contribution is 5.70. The molecule has 0 radical (unpaired) electrons. The SMILES string of the molecule is CCCCc1nnc(OC2CCN(C)CC2)cc1-c1ccc(OCc2ccccc2)c(OC)c1. The molecule has 2 heterocycles. The van der Waals surface area contributed by atoms with Gasteiger partial charge in [0.2, 0.25) is 5.88 Å². The summed E-state index contributed by atoms with van der Waals surface area (Å²) in [4.78, 5) is 2.33. The largest absolute Gasteiger partial charge is 0.493 e. The van der Waals surface area contributed by atoms with Crippen molar-refractivity contribution in [2.24, 2.45) is 0 Å². The van der Waals surface area contributed by atoms with E-state index in [-0.39, 0.29) is 6.10 Å². The van der Waals surface area contributed by atoms with Crippen LogP contribution in [0.3, 0.4) is 0 Å². The van der Waals surface area contributed by atoms with Crippen LogP contribution in [0.15, 0.2) is 54.6 Å². The molecular formula is C28H35N3O3. The monoisotopic (exact) mass is 461 g/mol. The van der Waals surface area contributed by atoms with Crippen LogP contribution in [0.5, 0.6) is 17.4 Å². The minimum Gasteiger partial charge on any atom is -0.493 e. The van der Waals surface area contributed by atoms with Gasteiger partial charge in [-0.25, -0.2) is 0 Å². The molecule has 0 unspecified atom stereocenters. The Balaban J connectivity index is 1.57. The number of nitrogens with zero attached hydrogens (tertiary/aromatic N) is 3. The minimum atomic E-state index is 0.183. The van der Waals surface area contributed by atoms with E-state index in [0.29, 0.717) is 18.2 Å². The smallest absolute Gasteiger partial charge is 0.234 e. The molecule has 0 atom stereocenters. The van der Waals surface area contributed by atoms with Crippen molar-refractivity contribution in [3.8, 4) is 28.5 Å². The van der Waals surface area contributed by atoms with Gasteiger partial charge in [0.15, 0.2) is 11.5 Å². The second-order valence-electron chi connectivity index (χ2n) is 8.91. The summed E-state index contributed by atoms with van der Waals surface area (Å²) in [5.41, 5.74) is 4.17. The highest BCUT2D eigenvalue weighted by atomic mass is 16.5. The molecule has 0 aliphatic carbocycles. The Morgan fingerprint density at radius 1 is 0.971 bits per heavy atom. The van der Waals surface area contributed by atoms with E-state index in [4.69, 9.17) is 14.2 Å². The molecule has 0 saturated carbocycles. The second kappa shape index (κ2) is 11.8. The highest BCUT2D eigenvalue weighted by Crippen LogP contribution is 2.35. The van der Waals surface area contributed by atoms with Gasteiger partial charge in [0.1, 0.15) is 12.7 Å². The number of hydrogen-bond acceptors (Lipinski definition) is 6. The molecule has 0 N–H and O–H groups in total. The van der Waals surface area contributed by atoms with E-state index in [1.165, 1.54) is 0 Å². The third-order valence-electron chi connectivity index (χ3n) is 6.28. The van der Waals surface area contributed by atoms with E-state index in [1.54, 1.807) is 7.11 Å². The molecule has 1 aliphatic rings. The van der Waals surface area contributed by atoms with Crippen LogP contribution in [-0.4, -0.2) is 48.4 Å². The van der Waals surface area contributed by atoms with Crippen LogP contribution in [-0.2, 0) is 13.0 Å². The zero-order valence-electron chi connectivity index (χ0n) is 20.5. The number of unbranched alkanes of at least 4 members (excludes halogenated alkanes) is 1. The molecule has 1 aromatic heterocycles. The lowest BCUT2D eigenvalue weighted by molar-refractivity contribution is 0.109. The number of piperidine rings is 1. The molecule has 1 fully saturated rings. The minimum absolute atomic E-state index is 0.183. The van der Waals surface area contributed by atoms with Gasteiger partial charge in [0, 0.05) is 24.7 Å². The Morgan fingerprint density at radius 2 is 1.76 bits per heavy atom. The van der Waals surface area contributed by atoms with Crippen LogP contribution in [0.1, 0.15) is 43.9 Å². The zero-order chi connectivity index (χ0) is 23.8. The first kappa shape index (κ1) is 24.0. The summed E-state index contributed by atoms with van der Waals surface area (Å²) in [6, 6.07) is 18.2. The Morgan fingerprint density at radius 3 is 2.50 bits per heavy atom. The van der Waals surface area contributed by atoms with Crippen molar-refractivity contribution < 1.29 is 14.2 Å². The molecule has 6 heteroatoms. The summed E-state index contributed by atoms with van der Waals surface area (Å²) in [6.45, 7) is 4.76. The zero-order valence-corrected chi connectivity index (χ0v) is 20.5. The van der Waals surface area contributed by atoms with Gasteiger partial charge in [-0.2, -0.15) is 5.10 Å². The molecule has 180 valence electrons. The first-order valence-electron chi connectivity index (χ1n) is 12.2. The molecule has 2 aromatic carbocycles. The number of methoxy groups -OCH3 is 1. The standard InChI is InChI=1S/C28H35N3O3/c1-4-5-11-25-24(19-28(30-29-25)34-23-14-16-31(2)17-15-23)22-12-13-26(27(18-22)32-3)33-20-21-9-7-6-8-10-21/h6-10,12-13,18-19,23H,4-5,11,14-17,20H2,1-3H3. The van der Waals surface area contributed by atoms with Crippen LogP contribution < -0.4 is 14.2 Å². The summed E-state index contributed by atoms with van der Waals surface area (Å²) < 4.78 is 18.0. The summed E-state index contributed by atoms with van der Waals surface area (Å²) in [5, 5.41) is 8.98. The second-order valence-corrected chi connectivity index (χ2v) is 8.91. The van der Waals surface area contributed by atoms with E-state index in [1.807, 2.05) is 36.4 Å². The predicted molar refractivity (Wildman–Crippen MR) is 135 cm³/mol. The molecule has 0 bridgehead atoms. The van der Waals surface area contributed by atoms with Crippen molar-refractivity contribution in [3.05, 3.63) is 65.9 Å². The van der Waals surface area contributed by atoms with Crippen molar-refractivity contribution in [2.45, 2.75) is 51.7 Å². The van der Waals surface area contributed by atoms with Crippen LogP contribution in [0.4, 0.5) is 0 Å². The van der Waals surface area contributed by atoms with Crippen LogP contribution in [0.2, 0.25) is 0 Å². The van der Waals surface area contributed by atoms with Crippen LogP contribution in [0, 0.1) is 0 Å². The topological polar surface area (TPSA) is 56.7 Å². The quantitative estimate of drug-likeness (QED) is 0.395. The maximum absolute atomic E-state index is 6.24. The van der Waals surface area contributed by atoms with Crippen LogP contribution >= 0.6 is 0 Å². The molecule has 0 amide bonds. The summed E-state index contributed by atoms with van der Waals surface area (Å²) in [6.07, 6.45) is 5.24. The fourth-order valence-corrected chi connectivity index (χ4v) is 4.20. The Bertz CT molecular complexity index is 1050. The van der Waals surface area contributed by atoms with Gasteiger partial charge in [-0.05, 0) is 56.0 Å². The first-order chi connectivity index (χ1) is 16.7. The number of benzene rings is 2. The van der Waals surface area contributed by atoms with Gasteiger partial charge in [0.05, 0.1) is 12.8 Å². The van der Waals surface area contributed by atoms with Gasteiger partial charge in [-0.15, -0.1) is 5.10 Å². The number of aromatic nitrogens is 2. The van der Waals surface area contributed by atoms with Gasteiger partial charge < -0.3 is 19.1 Å². The van der Waals surface area contributed by atoms with E-state index >= 15 is 0 Å². The molecule has 3 aromatic rings. The first-order valence-corrected chi connectivity index (χ1v) is 12.2. The predicted octanol–water partition coefficient (Wildman–Crippen LogP) is 5.55. The summed E-state index contributed by atoms with van der Waals surface area (Å²) in [5.74, 6) is 2.01. The molecule has 0 spiro atoms. The maximum atomic E-state index is 6.24. The highest BCUT2D eigenvalue weighted by Gasteiger charge is 2.20. The summed E-state index contributed by atoms with van der Waals surface area (Å²) >= 11 is 0. The number of ether oxygens (including phenoxy) is 3. The maximum Gasteiger partial charge on any atom is 0.234 e. The van der Waals surface area contributed by atoms with E-state index < -0.39 is 0 Å². The average molecular weight is 462 g/mol. The number of hydrogen-bond donors (Lipinski definition) is 0. The fourth-order valence-electron chi connectivity index (χ4n) is 4.20. The lowest BCUT2D eigenvalue weighted by Crippen LogP contribution is -2.35.